The number of thiazole rings is 1. The Morgan fingerprint density at radius 2 is 1.86 bits per heavy atom. The molecule has 2 aromatic rings. The fourth-order valence-corrected chi connectivity index (χ4v) is 3.90. The van der Waals surface area contributed by atoms with Crippen LogP contribution in [0.2, 0.25) is 0 Å². The van der Waals surface area contributed by atoms with Gasteiger partial charge < -0.3 is 4.90 Å². The summed E-state index contributed by atoms with van der Waals surface area (Å²) in [6.45, 7) is 5.56. The summed E-state index contributed by atoms with van der Waals surface area (Å²) in [5.74, 6) is 0.740. The summed E-state index contributed by atoms with van der Waals surface area (Å²) in [4.78, 5) is 19.7. The zero-order valence-corrected chi connectivity index (χ0v) is 13.3. The maximum absolute atomic E-state index is 12.6. The van der Waals surface area contributed by atoms with Gasteiger partial charge in [-0.05, 0) is 38.2 Å². The topological polar surface area (TPSA) is 33.2 Å². The lowest BCUT2D eigenvalue weighted by atomic mass is 9.89. The van der Waals surface area contributed by atoms with Crippen molar-refractivity contribution in [3.8, 4) is 0 Å². The maximum Gasteiger partial charge on any atom is 0.265 e. The van der Waals surface area contributed by atoms with Crippen LogP contribution >= 0.6 is 11.3 Å². The largest absolute Gasteiger partial charge is 0.338 e. The highest BCUT2D eigenvalue weighted by atomic mass is 32.1. The second-order valence-electron chi connectivity index (χ2n) is 5.62. The molecule has 1 aromatic heterocycles. The van der Waals surface area contributed by atoms with E-state index in [0.717, 1.165) is 41.5 Å². The molecular formula is C17H20N2OS. The third-order valence-corrected chi connectivity index (χ3v) is 5.21. The summed E-state index contributed by atoms with van der Waals surface area (Å²) in [6.07, 6.45) is 2.10. The molecule has 0 saturated carbocycles. The zero-order chi connectivity index (χ0) is 14.8. The number of rotatable bonds is 2. The minimum absolute atomic E-state index is 0.157. The van der Waals surface area contributed by atoms with E-state index in [9.17, 15) is 4.79 Å². The smallest absolute Gasteiger partial charge is 0.265 e. The average Bonchev–Trinajstić information content (AvgIpc) is 2.86. The molecule has 1 saturated heterocycles. The molecule has 0 atom stereocenters. The third-order valence-electron chi connectivity index (χ3n) is 4.15. The van der Waals surface area contributed by atoms with Crippen LogP contribution in [-0.4, -0.2) is 28.9 Å². The van der Waals surface area contributed by atoms with Gasteiger partial charge in [0.25, 0.3) is 5.91 Å². The molecule has 1 aromatic carbocycles. The highest BCUT2D eigenvalue weighted by Crippen LogP contribution is 2.29. The molecule has 2 heterocycles. The first-order chi connectivity index (χ1) is 10.1. The molecule has 1 aliphatic rings. The Hall–Kier alpha value is -1.68. The zero-order valence-electron chi connectivity index (χ0n) is 12.5. The van der Waals surface area contributed by atoms with E-state index < -0.39 is 0 Å². The molecule has 3 rings (SSSR count). The van der Waals surface area contributed by atoms with Crippen molar-refractivity contribution in [3.05, 3.63) is 51.5 Å². The van der Waals surface area contributed by atoms with Crippen LogP contribution in [-0.2, 0) is 0 Å². The molecule has 0 unspecified atom stereocenters. The normalized spacial score (nSPS) is 16.2. The van der Waals surface area contributed by atoms with E-state index in [4.69, 9.17) is 0 Å². The van der Waals surface area contributed by atoms with Gasteiger partial charge in [-0.1, -0.05) is 30.3 Å². The van der Waals surface area contributed by atoms with E-state index in [1.54, 1.807) is 0 Å². The lowest BCUT2D eigenvalue weighted by Gasteiger charge is -2.32. The minimum Gasteiger partial charge on any atom is -0.338 e. The Bertz CT molecular complexity index is 627. The second kappa shape index (κ2) is 5.98. The lowest BCUT2D eigenvalue weighted by Crippen LogP contribution is -2.37. The Balaban J connectivity index is 1.66. The highest BCUT2D eigenvalue weighted by Gasteiger charge is 2.26. The van der Waals surface area contributed by atoms with Crippen molar-refractivity contribution in [2.45, 2.75) is 32.6 Å². The van der Waals surface area contributed by atoms with Crippen LogP contribution < -0.4 is 0 Å². The molecule has 3 nitrogen and oxygen atoms in total. The monoisotopic (exact) mass is 300 g/mol. The third kappa shape index (κ3) is 3.00. The quantitative estimate of drug-likeness (QED) is 0.845. The first kappa shape index (κ1) is 14.3. The molecule has 4 heteroatoms. The fraction of sp³-hybridized carbons (Fsp3) is 0.412. The van der Waals surface area contributed by atoms with Crippen molar-refractivity contribution >= 4 is 17.2 Å². The van der Waals surface area contributed by atoms with E-state index in [1.165, 1.54) is 16.9 Å². The van der Waals surface area contributed by atoms with Gasteiger partial charge in [0, 0.05) is 13.1 Å². The number of aromatic nitrogens is 1. The van der Waals surface area contributed by atoms with Gasteiger partial charge in [0.05, 0.1) is 10.7 Å². The van der Waals surface area contributed by atoms with Gasteiger partial charge in [-0.3, -0.25) is 4.79 Å². The van der Waals surface area contributed by atoms with Crippen LogP contribution in [0, 0.1) is 13.8 Å². The first-order valence-corrected chi connectivity index (χ1v) is 8.25. The van der Waals surface area contributed by atoms with Gasteiger partial charge in [0.2, 0.25) is 0 Å². The van der Waals surface area contributed by atoms with E-state index in [0.29, 0.717) is 5.92 Å². The standard InChI is InChI=1S/C17H20N2OS/c1-12-16(21-13(2)18-12)17(20)19-10-8-15(9-11-19)14-6-4-3-5-7-14/h3-7,15H,8-11H2,1-2H3. The highest BCUT2D eigenvalue weighted by molar-refractivity contribution is 7.13. The lowest BCUT2D eigenvalue weighted by molar-refractivity contribution is 0.0717. The summed E-state index contributed by atoms with van der Waals surface area (Å²) >= 11 is 1.51. The van der Waals surface area contributed by atoms with E-state index >= 15 is 0 Å². The van der Waals surface area contributed by atoms with Gasteiger partial charge in [-0.25, -0.2) is 4.98 Å². The molecule has 0 radical (unpaired) electrons. The van der Waals surface area contributed by atoms with E-state index in [1.807, 2.05) is 18.7 Å². The molecule has 110 valence electrons. The molecule has 21 heavy (non-hydrogen) atoms. The summed E-state index contributed by atoms with van der Waals surface area (Å²) in [6, 6.07) is 10.6. The number of hydrogen-bond acceptors (Lipinski definition) is 3. The maximum atomic E-state index is 12.6. The summed E-state index contributed by atoms with van der Waals surface area (Å²) < 4.78 is 0. The number of likely N-dealkylation sites (tertiary alicyclic amines) is 1. The number of carbonyl (C=O) groups excluding carboxylic acids is 1. The van der Waals surface area contributed by atoms with Crippen LogP contribution in [0.1, 0.15) is 44.7 Å². The molecule has 0 bridgehead atoms. The van der Waals surface area contributed by atoms with Gasteiger partial charge >= 0.3 is 0 Å². The van der Waals surface area contributed by atoms with Crippen LogP contribution in [0.15, 0.2) is 30.3 Å². The van der Waals surface area contributed by atoms with Crippen molar-refractivity contribution in [1.82, 2.24) is 9.88 Å². The Labute approximate surface area is 129 Å². The van der Waals surface area contributed by atoms with Gasteiger partial charge in [0.15, 0.2) is 0 Å². The number of piperidine rings is 1. The number of amides is 1. The molecule has 0 N–H and O–H groups in total. The van der Waals surface area contributed by atoms with Crippen LogP contribution in [0.3, 0.4) is 0 Å². The predicted molar refractivity (Wildman–Crippen MR) is 85.9 cm³/mol. The van der Waals surface area contributed by atoms with Gasteiger partial charge in [-0.15, -0.1) is 11.3 Å². The average molecular weight is 300 g/mol. The number of carbonyl (C=O) groups is 1. The first-order valence-electron chi connectivity index (χ1n) is 7.43. The van der Waals surface area contributed by atoms with Gasteiger partial charge in [-0.2, -0.15) is 0 Å². The number of hydrogen-bond donors (Lipinski definition) is 0. The molecular weight excluding hydrogens is 280 g/mol. The van der Waals surface area contributed by atoms with Crippen LogP contribution in [0.25, 0.3) is 0 Å². The van der Waals surface area contributed by atoms with Crippen molar-refractivity contribution in [2.24, 2.45) is 0 Å². The van der Waals surface area contributed by atoms with E-state index in [2.05, 4.69) is 35.3 Å². The second-order valence-corrected chi connectivity index (χ2v) is 6.83. The Morgan fingerprint density at radius 3 is 2.43 bits per heavy atom. The van der Waals surface area contributed by atoms with Crippen molar-refractivity contribution in [3.63, 3.8) is 0 Å². The van der Waals surface area contributed by atoms with Crippen molar-refractivity contribution in [2.75, 3.05) is 13.1 Å². The van der Waals surface area contributed by atoms with E-state index in [-0.39, 0.29) is 5.91 Å². The fourth-order valence-electron chi connectivity index (χ4n) is 3.01. The molecule has 1 amide bonds. The molecule has 1 aliphatic heterocycles. The SMILES string of the molecule is Cc1nc(C)c(C(=O)N2CCC(c3ccccc3)CC2)s1. The predicted octanol–water partition coefficient (Wildman–Crippen LogP) is 3.78. The summed E-state index contributed by atoms with van der Waals surface area (Å²) in [7, 11) is 0. The summed E-state index contributed by atoms with van der Waals surface area (Å²) in [5.41, 5.74) is 2.27. The minimum atomic E-state index is 0.157. The number of benzene rings is 1. The number of aryl methyl sites for hydroxylation is 2. The Kier molecular flexibility index (Phi) is 4.06. The molecule has 0 spiro atoms. The number of nitrogens with zero attached hydrogens (tertiary/aromatic N) is 2. The summed E-state index contributed by atoms with van der Waals surface area (Å²) in [5, 5.41) is 0.968. The molecule has 1 fully saturated rings. The van der Waals surface area contributed by atoms with Gasteiger partial charge in [0.1, 0.15) is 4.88 Å². The van der Waals surface area contributed by atoms with Crippen LogP contribution in [0.4, 0.5) is 0 Å². The van der Waals surface area contributed by atoms with Crippen molar-refractivity contribution < 1.29 is 4.79 Å². The van der Waals surface area contributed by atoms with Crippen LogP contribution in [0.5, 0.6) is 0 Å². The molecule has 0 aliphatic carbocycles. The van der Waals surface area contributed by atoms with Crippen molar-refractivity contribution in [1.29, 1.82) is 0 Å². The Morgan fingerprint density at radius 1 is 1.19 bits per heavy atom.